The van der Waals surface area contributed by atoms with Crippen LogP contribution in [0, 0.1) is 0 Å². The minimum absolute atomic E-state index is 0.0764. The molecular formula is C14H19ClN2O2. The second kappa shape index (κ2) is 6.78. The van der Waals surface area contributed by atoms with E-state index < -0.39 is 0 Å². The van der Waals surface area contributed by atoms with Gasteiger partial charge in [0.15, 0.2) is 0 Å². The van der Waals surface area contributed by atoms with Crippen molar-refractivity contribution in [2.75, 3.05) is 19.0 Å². The van der Waals surface area contributed by atoms with Crippen LogP contribution in [0.15, 0.2) is 18.2 Å². The van der Waals surface area contributed by atoms with E-state index in [-0.39, 0.29) is 5.91 Å². The largest absolute Gasteiger partial charge is 0.495 e. The van der Waals surface area contributed by atoms with E-state index in [2.05, 4.69) is 10.6 Å². The van der Waals surface area contributed by atoms with Gasteiger partial charge in [0, 0.05) is 11.1 Å². The van der Waals surface area contributed by atoms with Crippen LogP contribution in [0.25, 0.3) is 0 Å². The molecular weight excluding hydrogens is 264 g/mol. The molecule has 4 nitrogen and oxygen atoms in total. The number of anilines is 1. The van der Waals surface area contributed by atoms with Gasteiger partial charge < -0.3 is 15.4 Å². The van der Waals surface area contributed by atoms with Gasteiger partial charge in [-0.25, -0.2) is 0 Å². The maximum atomic E-state index is 11.9. The van der Waals surface area contributed by atoms with Crippen LogP contribution in [0.5, 0.6) is 5.75 Å². The lowest BCUT2D eigenvalue weighted by molar-refractivity contribution is -0.115. The molecule has 0 atom stereocenters. The van der Waals surface area contributed by atoms with Crippen molar-refractivity contribution in [3.63, 3.8) is 0 Å². The van der Waals surface area contributed by atoms with E-state index in [9.17, 15) is 4.79 Å². The highest BCUT2D eigenvalue weighted by molar-refractivity contribution is 6.31. The maximum Gasteiger partial charge on any atom is 0.238 e. The van der Waals surface area contributed by atoms with Gasteiger partial charge in [0.2, 0.25) is 5.91 Å². The standard InChI is InChI=1S/C14H19ClN2O2/c1-19-13-7-6-10(15)8-12(13)17-14(18)9-16-11-4-2-3-5-11/h6-8,11,16H,2-5,9H2,1H3,(H,17,18). The molecule has 2 N–H and O–H groups in total. The number of hydrogen-bond donors (Lipinski definition) is 2. The van der Waals surface area contributed by atoms with Crippen molar-refractivity contribution < 1.29 is 9.53 Å². The molecule has 0 heterocycles. The molecule has 0 saturated heterocycles. The fourth-order valence-electron chi connectivity index (χ4n) is 2.34. The SMILES string of the molecule is COc1ccc(Cl)cc1NC(=O)CNC1CCCC1. The second-order valence-corrected chi connectivity index (χ2v) is 5.19. The number of hydrogen-bond acceptors (Lipinski definition) is 3. The molecule has 1 saturated carbocycles. The van der Waals surface area contributed by atoms with Crippen molar-refractivity contribution in [2.24, 2.45) is 0 Å². The average Bonchev–Trinajstić information content (AvgIpc) is 2.90. The molecule has 0 bridgehead atoms. The summed E-state index contributed by atoms with van der Waals surface area (Å²) in [6, 6.07) is 5.63. The van der Waals surface area contributed by atoms with Crippen molar-refractivity contribution in [2.45, 2.75) is 31.7 Å². The Balaban J connectivity index is 1.88. The van der Waals surface area contributed by atoms with Crippen LogP contribution >= 0.6 is 11.6 Å². The third-order valence-corrected chi connectivity index (χ3v) is 3.58. The first-order valence-electron chi connectivity index (χ1n) is 6.56. The number of ether oxygens (including phenoxy) is 1. The minimum atomic E-state index is -0.0764. The number of methoxy groups -OCH3 is 1. The van der Waals surface area contributed by atoms with Gasteiger partial charge in [0.1, 0.15) is 5.75 Å². The number of amides is 1. The number of benzene rings is 1. The number of rotatable bonds is 5. The predicted molar refractivity (Wildman–Crippen MR) is 76.9 cm³/mol. The first-order valence-corrected chi connectivity index (χ1v) is 6.93. The summed E-state index contributed by atoms with van der Waals surface area (Å²) >= 11 is 5.92. The topological polar surface area (TPSA) is 50.4 Å². The predicted octanol–water partition coefficient (Wildman–Crippen LogP) is 2.82. The molecule has 104 valence electrons. The van der Waals surface area contributed by atoms with E-state index in [4.69, 9.17) is 16.3 Å². The molecule has 1 aliphatic carbocycles. The Morgan fingerprint density at radius 1 is 1.42 bits per heavy atom. The van der Waals surface area contributed by atoms with Crippen molar-refractivity contribution in [1.82, 2.24) is 5.32 Å². The zero-order valence-corrected chi connectivity index (χ0v) is 11.8. The van der Waals surface area contributed by atoms with Crippen LogP contribution in [-0.2, 0) is 4.79 Å². The van der Waals surface area contributed by atoms with Gasteiger partial charge in [-0.05, 0) is 31.0 Å². The summed E-state index contributed by atoms with van der Waals surface area (Å²) in [6.45, 7) is 0.320. The van der Waals surface area contributed by atoms with Crippen LogP contribution < -0.4 is 15.4 Å². The molecule has 0 aliphatic heterocycles. The highest BCUT2D eigenvalue weighted by atomic mass is 35.5. The Hall–Kier alpha value is -1.26. The lowest BCUT2D eigenvalue weighted by Crippen LogP contribution is -2.34. The third-order valence-electron chi connectivity index (χ3n) is 3.34. The Morgan fingerprint density at radius 2 is 2.16 bits per heavy atom. The molecule has 0 aromatic heterocycles. The highest BCUT2D eigenvalue weighted by Crippen LogP contribution is 2.27. The number of carbonyl (C=O) groups is 1. The van der Waals surface area contributed by atoms with Crippen molar-refractivity contribution in [1.29, 1.82) is 0 Å². The van der Waals surface area contributed by atoms with Gasteiger partial charge >= 0.3 is 0 Å². The van der Waals surface area contributed by atoms with E-state index in [1.54, 1.807) is 25.3 Å². The third kappa shape index (κ3) is 4.11. The molecule has 1 aliphatic rings. The molecule has 1 aromatic carbocycles. The number of halogens is 1. The fraction of sp³-hybridized carbons (Fsp3) is 0.500. The fourth-order valence-corrected chi connectivity index (χ4v) is 2.51. The lowest BCUT2D eigenvalue weighted by Gasteiger charge is -2.13. The molecule has 0 radical (unpaired) electrons. The Kier molecular flexibility index (Phi) is 5.05. The maximum absolute atomic E-state index is 11.9. The number of carbonyl (C=O) groups excluding carboxylic acids is 1. The number of nitrogens with one attached hydrogen (secondary N) is 2. The van der Waals surface area contributed by atoms with E-state index in [1.807, 2.05) is 0 Å². The molecule has 19 heavy (non-hydrogen) atoms. The minimum Gasteiger partial charge on any atom is -0.495 e. The van der Waals surface area contributed by atoms with Crippen molar-refractivity contribution in [3.8, 4) is 5.75 Å². The molecule has 1 amide bonds. The molecule has 5 heteroatoms. The lowest BCUT2D eigenvalue weighted by atomic mass is 10.2. The van der Waals surface area contributed by atoms with Crippen LogP contribution in [0.4, 0.5) is 5.69 Å². The molecule has 1 fully saturated rings. The summed E-state index contributed by atoms with van der Waals surface area (Å²) in [4.78, 5) is 11.9. The quantitative estimate of drug-likeness (QED) is 0.873. The van der Waals surface area contributed by atoms with Gasteiger partial charge in [0.05, 0.1) is 19.3 Å². The van der Waals surface area contributed by atoms with Crippen LogP contribution in [-0.4, -0.2) is 25.6 Å². The summed E-state index contributed by atoms with van der Waals surface area (Å²) in [5.41, 5.74) is 0.605. The Morgan fingerprint density at radius 3 is 2.84 bits per heavy atom. The van der Waals surface area contributed by atoms with Gasteiger partial charge in [-0.3, -0.25) is 4.79 Å². The normalized spacial score (nSPS) is 15.5. The zero-order chi connectivity index (χ0) is 13.7. The second-order valence-electron chi connectivity index (χ2n) is 4.76. The van der Waals surface area contributed by atoms with E-state index in [1.165, 1.54) is 12.8 Å². The summed E-state index contributed by atoms with van der Waals surface area (Å²) in [7, 11) is 1.57. The first-order chi connectivity index (χ1) is 9.19. The molecule has 0 spiro atoms. The van der Waals surface area contributed by atoms with Gasteiger partial charge in [0.25, 0.3) is 0 Å². The van der Waals surface area contributed by atoms with E-state index >= 15 is 0 Å². The average molecular weight is 283 g/mol. The van der Waals surface area contributed by atoms with Crippen molar-refractivity contribution >= 4 is 23.2 Å². The first kappa shape index (κ1) is 14.2. The molecule has 0 unspecified atom stereocenters. The summed E-state index contributed by atoms with van der Waals surface area (Å²) < 4.78 is 5.19. The van der Waals surface area contributed by atoms with Gasteiger partial charge in [-0.15, -0.1) is 0 Å². The van der Waals surface area contributed by atoms with Gasteiger partial charge in [-0.1, -0.05) is 24.4 Å². The van der Waals surface area contributed by atoms with Crippen LogP contribution in [0.3, 0.4) is 0 Å². The summed E-state index contributed by atoms with van der Waals surface area (Å²) in [5.74, 6) is 0.533. The van der Waals surface area contributed by atoms with Crippen LogP contribution in [0.2, 0.25) is 5.02 Å². The molecule has 1 aromatic rings. The van der Waals surface area contributed by atoms with Crippen LogP contribution in [0.1, 0.15) is 25.7 Å². The summed E-state index contributed by atoms with van der Waals surface area (Å²) in [6.07, 6.45) is 4.82. The molecule has 2 rings (SSSR count). The zero-order valence-electron chi connectivity index (χ0n) is 11.0. The summed E-state index contributed by atoms with van der Waals surface area (Å²) in [5, 5.41) is 6.65. The smallest absolute Gasteiger partial charge is 0.238 e. The van der Waals surface area contributed by atoms with E-state index in [0.29, 0.717) is 29.0 Å². The Bertz CT molecular complexity index is 445. The Labute approximate surface area is 118 Å². The monoisotopic (exact) mass is 282 g/mol. The van der Waals surface area contributed by atoms with E-state index in [0.717, 1.165) is 12.8 Å². The van der Waals surface area contributed by atoms with Crippen molar-refractivity contribution in [3.05, 3.63) is 23.2 Å². The highest BCUT2D eigenvalue weighted by Gasteiger charge is 2.15. The van der Waals surface area contributed by atoms with Gasteiger partial charge in [-0.2, -0.15) is 0 Å².